The first-order valence-corrected chi connectivity index (χ1v) is 13.7. The van der Waals surface area contributed by atoms with Crippen LogP contribution in [0.3, 0.4) is 0 Å². The van der Waals surface area contributed by atoms with E-state index in [0.29, 0.717) is 18.3 Å². The number of fused-ring (bicyclic) bond motifs is 2. The molecule has 2 aliphatic heterocycles. The fraction of sp³-hybridized carbons (Fsp3) is 0.893. The summed E-state index contributed by atoms with van der Waals surface area (Å²) in [6.07, 6.45) is 4.29. The van der Waals surface area contributed by atoms with Crippen molar-refractivity contribution in [1.82, 2.24) is 10.2 Å². The quantitative estimate of drug-likeness (QED) is 0.645. The van der Waals surface area contributed by atoms with Crippen LogP contribution >= 0.6 is 0 Å². The van der Waals surface area contributed by atoms with Gasteiger partial charge in [0.15, 0.2) is 0 Å². The van der Waals surface area contributed by atoms with Gasteiger partial charge in [0.2, 0.25) is 5.91 Å². The lowest BCUT2D eigenvalue weighted by Crippen LogP contribution is -2.63. The van der Waals surface area contributed by atoms with E-state index in [2.05, 4.69) is 31.0 Å². The maximum atomic E-state index is 13.8. The lowest BCUT2D eigenvalue weighted by Gasteiger charge is -2.61. The van der Waals surface area contributed by atoms with E-state index in [4.69, 9.17) is 9.47 Å². The van der Waals surface area contributed by atoms with E-state index in [9.17, 15) is 14.4 Å². The maximum Gasteiger partial charge on any atom is 0.414 e. The topological polar surface area (TPSA) is 84.9 Å². The summed E-state index contributed by atoms with van der Waals surface area (Å²) in [5.74, 6) is 0.612. The number of nitrogens with one attached hydrogen (secondary N) is 1. The van der Waals surface area contributed by atoms with Gasteiger partial charge in [0.25, 0.3) is 0 Å². The number of ether oxygens (including phenoxy) is 2. The number of carbonyl (C=O) groups excluding carboxylic acids is 3. The predicted octanol–water partition coefficient (Wildman–Crippen LogP) is 4.04. The fourth-order valence-corrected chi connectivity index (χ4v) is 9.21. The van der Waals surface area contributed by atoms with Crippen molar-refractivity contribution in [3.05, 3.63) is 0 Å². The molecule has 5 rings (SSSR count). The van der Waals surface area contributed by atoms with Crippen molar-refractivity contribution in [3.63, 3.8) is 0 Å². The Morgan fingerprint density at radius 3 is 2.40 bits per heavy atom. The van der Waals surface area contributed by atoms with Gasteiger partial charge in [-0.15, -0.1) is 0 Å². The van der Waals surface area contributed by atoms with Crippen LogP contribution in [0.15, 0.2) is 0 Å². The van der Waals surface area contributed by atoms with Gasteiger partial charge in [-0.25, -0.2) is 4.79 Å². The molecule has 0 spiro atoms. The molecule has 0 aromatic carbocycles. The zero-order chi connectivity index (χ0) is 25.3. The summed E-state index contributed by atoms with van der Waals surface area (Å²) in [5.41, 5.74) is -1.10. The number of carbonyl (C=O) groups is 3. The molecule has 0 radical (unpaired) electrons. The Morgan fingerprint density at radius 1 is 1.06 bits per heavy atom. The molecule has 35 heavy (non-hydrogen) atoms. The number of hydrogen-bond donors (Lipinski definition) is 1. The fourth-order valence-electron chi connectivity index (χ4n) is 9.21. The largest absolute Gasteiger partial charge is 0.445 e. The number of nitrogens with zero attached hydrogens (tertiary/aromatic N) is 1. The Labute approximate surface area is 210 Å². The summed E-state index contributed by atoms with van der Waals surface area (Å²) in [6, 6.07) is 0. The molecule has 5 aliphatic rings. The minimum absolute atomic E-state index is 0.0399. The van der Waals surface area contributed by atoms with E-state index >= 15 is 0 Å². The van der Waals surface area contributed by atoms with Crippen molar-refractivity contribution < 1.29 is 23.9 Å². The highest BCUT2D eigenvalue weighted by atomic mass is 16.6. The van der Waals surface area contributed by atoms with Crippen LogP contribution in [0.25, 0.3) is 0 Å². The third-order valence-corrected chi connectivity index (χ3v) is 11.4. The van der Waals surface area contributed by atoms with Gasteiger partial charge in [-0.2, -0.15) is 0 Å². The number of amides is 2. The molecule has 5 fully saturated rings. The molecule has 0 aromatic heterocycles. The van der Waals surface area contributed by atoms with Crippen molar-refractivity contribution in [2.24, 2.45) is 45.8 Å². The van der Waals surface area contributed by atoms with Crippen LogP contribution in [0.2, 0.25) is 0 Å². The lowest BCUT2D eigenvalue weighted by molar-refractivity contribution is -0.190. The smallest absolute Gasteiger partial charge is 0.414 e. The molecule has 3 saturated carbocycles. The number of Topliss-reactive ketones (excluding diaryl/α,β-unsaturated/α-hetero) is 1. The summed E-state index contributed by atoms with van der Waals surface area (Å²) in [6.45, 7) is 13.4. The summed E-state index contributed by atoms with van der Waals surface area (Å²) in [7, 11) is 1.77. The third kappa shape index (κ3) is 3.70. The number of rotatable bonds is 3. The average Bonchev–Trinajstić information content (AvgIpc) is 3.54. The first-order valence-electron chi connectivity index (χ1n) is 13.7. The minimum atomic E-state index is -0.661. The molecular formula is C28H44N2O5. The van der Waals surface area contributed by atoms with Gasteiger partial charge >= 0.3 is 6.09 Å². The van der Waals surface area contributed by atoms with Crippen LogP contribution in [-0.2, 0) is 19.1 Å². The van der Waals surface area contributed by atoms with Crippen molar-refractivity contribution in [2.45, 2.75) is 85.4 Å². The van der Waals surface area contributed by atoms with Crippen LogP contribution in [0, 0.1) is 45.8 Å². The Balaban J connectivity index is 1.45. The van der Waals surface area contributed by atoms with Gasteiger partial charge in [0.05, 0.1) is 12.0 Å². The molecule has 2 heterocycles. The molecule has 4 bridgehead atoms. The SMILES string of the molecule is CO[C@@H]1CCC23CC[C@@H](C)[C@](C)(C12)[C@H](OC(=O)NC(=O)[C@H]1CN2CC[C@H]1C2)CC(C)(C)C(=O)[C@@H]3C. The zero-order valence-electron chi connectivity index (χ0n) is 22.4. The molecule has 2 saturated heterocycles. The highest BCUT2D eigenvalue weighted by Gasteiger charge is 2.68. The normalized spacial score (nSPS) is 48.1. The summed E-state index contributed by atoms with van der Waals surface area (Å²) in [5, 5.41) is 2.58. The number of imide groups is 1. The molecule has 2 amide bonds. The van der Waals surface area contributed by atoms with Crippen LogP contribution < -0.4 is 5.32 Å². The number of piperidine rings is 1. The van der Waals surface area contributed by atoms with Crippen molar-refractivity contribution in [3.8, 4) is 0 Å². The highest BCUT2D eigenvalue weighted by molar-refractivity contribution is 5.93. The summed E-state index contributed by atoms with van der Waals surface area (Å²) in [4.78, 5) is 42.3. The van der Waals surface area contributed by atoms with E-state index in [0.717, 1.165) is 51.7 Å². The molecule has 0 aromatic rings. The molecule has 196 valence electrons. The Hall–Kier alpha value is -1.47. The van der Waals surface area contributed by atoms with Crippen molar-refractivity contribution >= 4 is 17.8 Å². The Morgan fingerprint density at radius 2 is 1.77 bits per heavy atom. The van der Waals surface area contributed by atoms with E-state index in [1.807, 2.05) is 13.8 Å². The molecular weight excluding hydrogens is 444 g/mol. The predicted molar refractivity (Wildman–Crippen MR) is 131 cm³/mol. The second kappa shape index (κ2) is 8.54. The number of methoxy groups -OCH3 is 1. The van der Waals surface area contributed by atoms with E-state index in [-0.39, 0.29) is 46.4 Å². The van der Waals surface area contributed by atoms with Crippen LogP contribution in [0.4, 0.5) is 4.79 Å². The second-order valence-electron chi connectivity index (χ2n) is 13.3. The average molecular weight is 489 g/mol. The van der Waals surface area contributed by atoms with Gasteiger partial charge < -0.3 is 14.4 Å². The molecule has 7 heteroatoms. The molecule has 10 atom stereocenters. The summed E-state index contributed by atoms with van der Waals surface area (Å²) < 4.78 is 12.3. The van der Waals surface area contributed by atoms with Gasteiger partial charge in [-0.3, -0.25) is 14.9 Å². The van der Waals surface area contributed by atoms with Crippen LogP contribution in [0.1, 0.15) is 73.1 Å². The highest BCUT2D eigenvalue weighted by Crippen LogP contribution is 2.68. The molecule has 3 unspecified atom stereocenters. The third-order valence-electron chi connectivity index (χ3n) is 11.4. The van der Waals surface area contributed by atoms with Gasteiger partial charge in [0, 0.05) is 42.9 Å². The monoisotopic (exact) mass is 488 g/mol. The van der Waals surface area contributed by atoms with Crippen LogP contribution in [-0.4, -0.2) is 61.6 Å². The standard InChI is InChI=1S/C28H44N2O5/c1-16-7-10-28-11-8-20(34-6)22(28)27(16,5)21(13-26(3,4)23(31)17(28)2)35-25(33)29-24(32)19-15-30-12-9-18(19)14-30/h16-22H,7-15H2,1-6H3,(H,29,32,33)/t16-,17+,18+,19+,20-,21-,22?,27+,28?/m1/s1. The van der Waals surface area contributed by atoms with E-state index < -0.39 is 17.6 Å². The minimum Gasteiger partial charge on any atom is -0.445 e. The first kappa shape index (κ1) is 25.2. The van der Waals surface area contributed by atoms with Crippen LogP contribution in [0.5, 0.6) is 0 Å². The summed E-state index contributed by atoms with van der Waals surface area (Å²) >= 11 is 0. The number of hydrogen-bond acceptors (Lipinski definition) is 6. The first-order chi connectivity index (χ1) is 16.4. The second-order valence-corrected chi connectivity index (χ2v) is 13.3. The Bertz CT molecular complexity index is 904. The van der Waals surface area contributed by atoms with Gasteiger partial charge in [-0.05, 0) is 62.3 Å². The molecule has 3 aliphatic carbocycles. The van der Waals surface area contributed by atoms with Gasteiger partial charge in [0.1, 0.15) is 11.9 Å². The lowest BCUT2D eigenvalue weighted by atomic mass is 9.44. The Kier molecular flexibility index (Phi) is 6.15. The van der Waals surface area contributed by atoms with Crippen molar-refractivity contribution in [1.29, 1.82) is 0 Å². The van der Waals surface area contributed by atoms with E-state index in [1.54, 1.807) is 7.11 Å². The van der Waals surface area contributed by atoms with Gasteiger partial charge in [-0.1, -0.05) is 34.6 Å². The van der Waals surface area contributed by atoms with Crippen molar-refractivity contribution in [2.75, 3.05) is 26.7 Å². The molecule has 1 N–H and O–H groups in total. The molecule has 7 nitrogen and oxygen atoms in total. The maximum absolute atomic E-state index is 13.8. The number of alkyl carbamates (subject to hydrolysis) is 1. The van der Waals surface area contributed by atoms with E-state index in [1.165, 1.54) is 0 Å². The zero-order valence-corrected chi connectivity index (χ0v) is 22.4. The number of ketones is 1.